The van der Waals surface area contributed by atoms with E-state index in [1.54, 1.807) is 6.92 Å². The van der Waals surface area contributed by atoms with E-state index in [-0.39, 0.29) is 18.8 Å². The summed E-state index contributed by atoms with van der Waals surface area (Å²) in [6, 6.07) is 4.15. The van der Waals surface area contributed by atoms with E-state index in [0.29, 0.717) is 5.56 Å². The summed E-state index contributed by atoms with van der Waals surface area (Å²) in [5.74, 6) is -1.37. The van der Waals surface area contributed by atoms with E-state index in [1.165, 1.54) is 19.1 Å². The van der Waals surface area contributed by atoms with Gasteiger partial charge in [0.1, 0.15) is 11.8 Å². The van der Waals surface area contributed by atoms with Gasteiger partial charge in [-0.2, -0.15) is 0 Å². The first-order valence-corrected chi connectivity index (χ1v) is 6.49. The summed E-state index contributed by atoms with van der Waals surface area (Å²) in [5, 5.41) is 2.44. The average Bonchev–Trinajstić information content (AvgIpc) is 2.38. The Bertz CT molecular complexity index is 514. The SMILES string of the molecule is CCOC(=O)[C@H](Cc1ccc(OC(F)(F)F)cc1)NC(C)=O. The van der Waals surface area contributed by atoms with Crippen LogP contribution in [0.5, 0.6) is 5.75 Å². The largest absolute Gasteiger partial charge is 0.573 e. The molecule has 0 unspecified atom stereocenters. The molecule has 0 aliphatic rings. The first-order valence-electron chi connectivity index (χ1n) is 6.49. The number of ether oxygens (including phenoxy) is 2. The quantitative estimate of drug-likeness (QED) is 0.817. The van der Waals surface area contributed by atoms with Crippen LogP contribution in [0.2, 0.25) is 0 Å². The minimum Gasteiger partial charge on any atom is -0.464 e. The number of nitrogens with one attached hydrogen (secondary N) is 1. The van der Waals surface area contributed by atoms with Crippen molar-refractivity contribution < 1.29 is 32.2 Å². The molecule has 0 saturated heterocycles. The first-order chi connectivity index (χ1) is 10.2. The molecule has 0 fully saturated rings. The summed E-state index contributed by atoms with van der Waals surface area (Å²) in [6.45, 7) is 3.05. The lowest BCUT2D eigenvalue weighted by molar-refractivity contribution is -0.274. The van der Waals surface area contributed by atoms with Gasteiger partial charge in [0.15, 0.2) is 0 Å². The highest BCUT2D eigenvalue weighted by Gasteiger charge is 2.31. The van der Waals surface area contributed by atoms with Crippen LogP contribution in [0.1, 0.15) is 19.4 Å². The zero-order valence-electron chi connectivity index (χ0n) is 12.1. The molecule has 0 saturated carbocycles. The van der Waals surface area contributed by atoms with Gasteiger partial charge in [-0.3, -0.25) is 4.79 Å². The number of hydrogen-bond donors (Lipinski definition) is 1. The van der Waals surface area contributed by atoms with Crippen molar-refractivity contribution in [2.45, 2.75) is 32.7 Å². The standard InChI is InChI=1S/C14H16F3NO4/c1-3-21-13(20)12(18-9(2)19)8-10-4-6-11(7-5-10)22-14(15,16)17/h4-7,12H,3,8H2,1-2H3,(H,18,19)/t12-/m0/s1. The normalized spacial score (nSPS) is 12.4. The summed E-state index contributed by atoms with van der Waals surface area (Å²) in [5.41, 5.74) is 0.557. The fraction of sp³-hybridized carbons (Fsp3) is 0.429. The Hall–Kier alpha value is -2.25. The van der Waals surface area contributed by atoms with Crippen LogP contribution in [-0.4, -0.2) is 30.9 Å². The van der Waals surface area contributed by atoms with E-state index in [0.717, 1.165) is 12.1 Å². The number of alkyl halides is 3. The van der Waals surface area contributed by atoms with Gasteiger partial charge in [-0.1, -0.05) is 12.1 Å². The van der Waals surface area contributed by atoms with Crippen molar-refractivity contribution in [2.75, 3.05) is 6.61 Å². The Kier molecular flexibility index (Phi) is 6.21. The number of esters is 1. The van der Waals surface area contributed by atoms with Crippen molar-refractivity contribution in [1.29, 1.82) is 0 Å². The highest BCUT2D eigenvalue weighted by molar-refractivity contribution is 5.83. The van der Waals surface area contributed by atoms with E-state index in [4.69, 9.17) is 4.74 Å². The van der Waals surface area contributed by atoms with Gasteiger partial charge in [0, 0.05) is 13.3 Å². The van der Waals surface area contributed by atoms with Crippen molar-refractivity contribution >= 4 is 11.9 Å². The molecule has 0 aliphatic carbocycles. The molecule has 22 heavy (non-hydrogen) atoms. The van der Waals surface area contributed by atoms with Crippen molar-refractivity contribution in [1.82, 2.24) is 5.32 Å². The Labute approximate surface area is 125 Å². The highest BCUT2D eigenvalue weighted by Crippen LogP contribution is 2.23. The van der Waals surface area contributed by atoms with Crippen LogP contribution in [0.25, 0.3) is 0 Å². The molecule has 0 spiro atoms. The Morgan fingerprint density at radius 1 is 1.23 bits per heavy atom. The molecular weight excluding hydrogens is 303 g/mol. The number of benzene rings is 1. The third-order valence-corrected chi connectivity index (χ3v) is 2.55. The Morgan fingerprint density at radius 3 is 2.27 bits per heavy atom. The number of carbonyl (C=O) groups excluding carboxylic acids is 2. The monoisotopic (exact) mass is 319 g/mol. The van der Waals surface area contributed by atoms with Gasteiger partial charge >= 0.3 is 12.3 Å². The molecule has 0 aliphatic heterocycles. The summed E-state index contributed by atoms with van der Waals surface area (Å²) in [6.07, 6.45) is -4.66. The van der Waals surface area contributed by atoms with Crippen molar-refractivity contribution in [2.24, 2.45) is 0 Å². The third-order valence-electron chi connectivity index (χ3n) is 2.55. The van der Waals surface area contributed by atoms with Crippen LogP contribution in [0.4, 0.5) is 13.2 Å². The summed E-state index contributed by atoms with van der Waals surface area (Å²) in [7, 11) is 0. The van der Waals surface area contributed by atoms with Gasteiger partial charge in [-0.05, 0) is 24.6 Å². The average molecular weight is 319 g/mol. The van der Waals surface area contributed by atoms with E-state index in [2.05, 4.69) is 10.1 Å². The molecular formula is C14H16F3NO4. The van der Waals surface area contributed by atoms with E-state index in [9.17, 15) is 22.8 Å². The number of hydrogen-bond acceptors (Lipinski definition) is 4. The maximum Gasteiger partial charge on any atom is 0.573 e. The minimum atomic E-state index is -4.76. The van der Waals surface area contributed by atoms with Crippen molar-refractivity contribution in [3.05, 3.63) is 29.8 Å². The van der Waals surface area contributed by atoms with Gasteiger partial charge in [0.25, 0.3) is 0 Å². The number of carbonyl (C=O) groups is 2. The maximum absolute atomic E-state index is 12.1. The van der Waals surface area contributed by atoms with Gasteiger partial charge < -0.3 is 14.8 Å². The molecule has 1 N–H and O–H groups in total. The summed E-state index contributed by atoms with van der Waals surface area (Å²) in [4.78, 5) is 22.8. The second kappa shape index (κ2) is 7.67. The molecule has 1 amide bonds. The molecule has 0 aromatic heterocycles. The lowest BCUT2D eigenvalue weighted by atomic mass is 10.1. The van der Waals surface area contributed by atoms with Gasteiger partial charge in [-0.25, -0.2) is 4.79 Å². The predicted molar refractivity (Wildman–Crippen MR) is 71.1 cm³/mol. The second-order valence-corrected chi connectivity index (χ2v) is 4.40. The molecule has 1 atom stereocenters. The topological polar surface area (TPSA) is 64.6 Å². The lowest BCUT2D eigenvalue weighted by Gasteiger charge is -2.16. The van der Waals surface area contributed by atoms with Crippen LogP contribution in [-0.2, 0) is 20.7 Å². The minimum absolute atomic E-state index is 0.102. The lowest BCUT2D eigenvalue weighted by Crippen LogP contribution is -2.42. The van der Waals surface area contributed by atoms with Crippen LogP contribution >= 0.6 is 0 Å². The summed E-state index contributed by atoms with van der Waals surface area (Å²) < 4.78 is 44.8. The fourth-order valence-electron chi connectivity index (χ4n) is 1.74. The molecule has 0 radical (unpaired) electrons. The maximum atomic E-state index is 12.1. The van der Waals surface area contributed by atoms with Gasteiger partial charge in [-0.15, -0.1) is 13.2 Å². The predicted octanol–water partition coefficient (Wildman–Crippen LogP) is 2.20. The van der Waals surface area contributed by atoms with E-state index in [1.807, 2.05) is 0 Å². The Balaban J connectivity index is 2.76. The zero-order chi connectivity index (χ0) is 16.8. The molecule has 0 bridgehead atoms. The third kappa shape index (κ3) is 6.47. The van der Waals surface area contributed by atoms with E-state index >= 15 is 0 Å². The molecule has 1 aromatic rings. The van der Waals surface area contributed by atoms with E-state index < -0.39 is 24.3 Å². The number of halogens is 3. The van der Waals surface area contributed by atoms with Crippen molar-refractivity contribution in [3.63, 3.8) is 0 Å². The first kappa shape index (κ1) is 17.8. The van der Waals surface area contributed by atoms with Crippen LogP contribution in [0, 0.1) is 0 Å². The highest BCUT2D eigenvalue weighted by atomic mass is 19.4. The van der Waals surface area contributed by atoms with Crippen LogP contribution < -0.4 is 10.1 Å². The molecule has 1 rings (SSSR count). The number of rotatable bonds is 6. The Morgan fingerprint density at radius 2 is 1.82 bits per heavy atom. The van der Waals surface area contributed by atoms with Gasteiger partial charge in [0.05, 0.1) is 6.61 Å². The molecule has 122 valence electrons. The van der Waals surface area contributed by atoms with Crippen molar-refractivity contribution in [3.8, 4) is 5.75 Å². The second-order valence-electron chi connectivity index (χ2n) is 4.40. The molecule has 1 aromatic carbocycles. The van der Waals surface area contributed by atoms with Crippen LogP contribution in [0.3, 0.4) is 0 Å². The molecule has 0 heterocycles. The van der Waals surface area contributed by atoms with Crippen LogP contribution in [0.15, 0.2) is 24.3 Å². The summed E-state index contributed by atoms with van der Waals surface area (Å²) >= 11 is 0. The molecule has 5 nitrogen and oxygen atoms in total. The number of amides is 1. The fourth-order valence-corrected chi connectivity index (χ4v) is 1.74. The van der Waals surface area contributed by atoms with Gasteiger partial charge in [0.2, 0.25) is 5.91 Å². The smallest absolute Gasteiger partial charge is 0.464 e. The zero-order valence-corrected chi connectivity index (χ0v) is 12.1. The molecule has 8 heteroatoms.